The van der Waals surface area contributed by atoms with Crippen LogP contribution in [0.15, 0.2) is 11.7 Å². The first kappa shape index (κ1) is 25.6. The zero-order valence-electron chi connectivity index (χ0n) is 16.9. The number of thiophene rings is 1. The normalized spacial score (nSPS) is 18.4. The second-order valence-corrected chi connectivity index (χ2v) is 6.72. The van der Waals surface area contributed by atoms with Crippen molar-refractivity contribution in [2.24, 2.45) is 0 Å². The average molecular weight is 404 g/mol. The first-order valence-corrected chi connectivity index (χ1v) is 9.77. The zero-order chi connectivity index (χ0) is 21.0. The Kier molecular flexibility index (Phi) is 12.3. The van der Waals surface area contributed by atoms with Gasteiger partial charge < -0.3 is 30.5 Å². The Morgan fingerprint density at radius 3 is 2.30 bits per heavy atom. The highest BCUT2D eigenvalue weighted by molar-refractivity contribution is 7.18. The summed E-state index contributed by atoms with van der Waals surface area (Å²) in [5.74, 6) is -0.645. The topological polar surface area (TPSA) is 128 Å². The van der Waals surface area contributed by atoms with Crippen molar-refractivity contribution < 1.29 is 25.2 Å². The van der Waals surface area contributed by atoms with Gasteiger partial charge in [-0.25, -0.2) is 9.97 Å². The van der Waals surface area contributed by atoms with Crippen LogP contribution in [0.1, 0.15) is 52.2 Å². The monoisotopic (exact) mass is 403 g/mol. The van der Waals surface area contributed by atoms with Crippen LogP contribution < -0.4 is 5.32 Å². The van der Waals surface area contributed by atoms with Crippen molar-refractivity contribution in [2.45, 2.75) is 58.5 Å². The molecule has 0 aromatic carbocycles. The molecule has 0 bridgehead atoms. The molecule has 2 aromatic rings. The minimum atomic E-state index is -1.50. The third-order valence-electron chi connectivity index (χ3n) is 3.28. The average Bonchev–Trinajstić information content (AvgIpc) is 3.29. The molecule has 3 rings (SSSR count). The lowest BCUT2D eigenvalue weighted by Crippen LogP contribution is -2.15. The Balaban J connectivity index is 0.000000646. The van der Waals surface area contributed by atoms with Gasteiger partial charge in [-0.1, -0.05) is 13.8 Å². The third kappa shape index (κ3) is 8.46. The van der Waals surface area contributed by atoms with Crippen LogP contribution in [-0.4, -0.2) is 63.0 Å². The number of hydrogen-bond donors (Lipinski definition) is 5. The third-order valence-corrected chi connectivity index (χ3v) is 4.27. The molecule has 27 heavy (non-hydrogen) atoms. The maximum absolute atomic E-state index is 9.12. The van der Waals surface area contributed by atoms with Crippen LogP contribution in [0.3, 0.4) is 0 Å². The molecule has 9 heteroatoms. The highest BCUT2D eigenvalue weighted by Gasteiger charge is 2.28. The fraction of sp³-hybridized carbons (Fsp3) is 0.667. The minimum absolute atomic E-state index is 0.0319. The first-order chi connectivity index (χ1) is 12.8. The Morgan fingerprint density at radius 1 is 1.22 bits per heavy atom. The molecule has 156 valence electrons. The lowest BCUT2D eigenvalue weighted by atomic mass is 10.1. The molecule has 0 spiro atoms. The van der Waals surface area contributed by atoms with E-state index in [1.54, 1.807) is 17.7 Å². The van der Waals surface area contributed by atoms with E-state index in [0.717, 1.165) is 41.5 Å². The molecular formula is C18H33N3O5S. The number of nitrogens with one attached hydrogen (secondary N) is 1. The van der Waals surface area contributed by atoms with Crippen molar-refractivity contribution in [3.8, 4) is 0 Å². The molecule has 2 atom stereocenters. The maximum Gasteiger partial charge on any atom is 0.156 e. The lowest BCUT2D eigenvalue weighted by Gasteiger charge is -2.11. The molecule has 2 unspecified atom stereocenters. The number of rotatable bonds is 3. The van der Waals surface area contributed by atoms with E-state index in [-0.39, 0.29) is 18.8 Å². The molecule has 0 saturated carbocycles. The first-order valence-electron chi connectivity index (χ1n) is 8.89. The van der Waals surface area contributed by atoms with Crippen LogP contribution >= 0.6 is 11.3 Å². The second kappa shape index (κ2) is 12.9. The van der Waals surface area contributed by atoms with E-state index in [0.29, 0.717) is 0 Å². The molecule has 1 fully saturated rings. The number of ether oxygens (including phenoxy) is 1. The van der Waals surface area contributed by atoms with E-state index in [1.165, 1.54) is 13.8 Å². The predicted octanol–water partition coefficient (Wildman–Crippen LogP) is 2.29. The van der Waals surface area contributed by atoms with Crippen molar-refractivity contribution in [3.63, 3.8) is 0 Å². The maximum atomic E-state index is 9.12. The van der Waals surface area contributed by atoms with Gasteiger partial charge in [0.05, 0.1) is 29.0 Å². The highest BCUT2D eigenvalue weighted by atomic mass is 32.1. The fourth-order valence-corrected chi connectivity index (χ4v) is 3.40. The largest absolute Gasteiger partial charge is 0.400 e. The molecule has 8 nitrogen and oxygen atoms in total. The number of fused-ring (bicyclic) bond motifs is 1. The molecule has 3 heterocycles. The summed E-state index contributed by atoms with van der Waals surface area (Å²) >= 11 is 1.63. The van der Waals surface area contributed by atoms with Gasteiger partial charge in [-0.2, -0.15) is 0 Å². The van der Waals surface area contributed by atoms with Crippen LogP contribution in [0, 0.1) is 0 Å². The van der Waals surface area contributed by atoms with Crippen molar-refractivity contribution in [3.05, 3.63) is 17.3 Å². The Bertz CT molecular complexity index is 639. The molecule has 5 N–H and O–H groups in total. The van der Waals surface area contributed by atoms with Gasteiger partial charge in [-0.05, 0) is 32.1 Å². The van der Waals surface area contributed by atoms with Gasteiger partial charge in [0.15, 0.2) is 5.79 Å². The standard InChI is InChI=1S/C12H15N3O2S.C3H8O2.C2H6.CH4O/c1-13-12-11-10(14-6-15-12)8(5-18-11)9-3-2-7(4-16)17-9;1-3(2,4)5;2*1-2/h5-7,9,16H,2-4H2,1H3,(H,13,14,15);4-5H,1-2H3;1-2H3;2H,1H3. The van der Waals surface area contributed by atoms with E-state index in [4.69, 9.17) is 25.2 Å². The van der Waals surface area contributed by atoms with Crippen molar-refractivity contribution in [2.75, 3.05) is 26.1 Å². The molecule has 2 aromatic heterocycles. The fourth-order valence-electron chi connectivity index (χ4n) is 2.34. The zero-order valence-corrected chi connectivity index (χ0v) is 17.7. The van der Waals surface area contributed by atoms with Gasteiger partial charge in [-0.15, -0.1) is 11.3 Å². The van der Waals surface area contributed by atoms with Gasteiger partial charge in [0.25, 0.3) is 0 Å². The van der Waals surface area contributed by atoms with Crippen LogP contribution in [0.4, 0.5) is 5.82 Å². The Hall–Kier alpha value is -1.36. The molecule has 1 saturated heterocycles. The molecule has 0 radical (unpaired) electrons. The summed E-state index contributed by atoms with van der Waals surface area (Å²) in [6.07, 6.45) is 3.44. The number of aromatic nitrogens is 2. The summed E-state index contributed by atoms with van der Waals surface area (Å²) in [6.45, 7) is 6.69. The summed E-state index contributed by atoms with van der Waals surface area (Å²) in [6, 6.07) is 0. The quantitative estimate of drug-likeness (QED) is 0.494. The highest BCUT2D eigenvalue weighted by Crippen LogP contribution is 2.39. The van der Waals surface area contributed by atoms with Crippen molar-refractivity contribution in [1.29, 1.82) is 0 Å². The van der Waals surface area contributed by atoms with Crippen LogP contribution in [0.2, 0.25) is 0 Å². The Labute approximate surface area is 164 Å². The molecular weight excluding hydrogens is 370 g/mol. The number of anilines is 1. The second-order valence-electron chi connectivity index (χ2n) is 5.84. The van der Waals surface area contributed by atoms with Crippen LogP contribution in [0.5, 0.6) is 0 Å². The van der Waals surface area contributed by atoms with Gasteiger partial charge in [0.1, 0.15) is 12.1 Å². The number of aliphatic hydroxyl groups is 4. The van der Waals surface area contributed by atoms with Gasteiger partial charge in [0, 0.05) is 19.7 Å². The summed E-state index contributed by atoms with van der Waals surface area (Å²) in [5, 5.41) is 37.4. The van der Waals surface area contributed by atoms with Crippen molar-refractivity contribution >= 4 is 27.4 Å². The summed E-state index contributed by atoms with van der Waals surface area (Å²) < 4.78 is 6.87. The summed E-state index contributed by atoms with van der Waals surface area (Å²) in [5.41, 5.74) is 2.08. The predicted molar refractivity (Wildman–Crippen MR) is 109 cm³/mol. The molecule has 1 aliphatic heterocycles. The SMILES string of the molecule is CC.CC(C)(O)O.CNc1ncnc2c(C3CCC(CO)O3)csc12.CO. The van der Waals surface area contributed by atoms with E-state index in [1.807, 2.05) is 20.9 Å². The van der Waals surface area contributed by atoms with E-state index in [2.05, 4.69) is 20.7 Å². The summed E-state index contributed by atoms with van der Waals surface area (Å²) in [4.78, 5) is 8.57. The smallest absolute Gasteiger partial charge is 0.156 e. The Morgan fingerprint density at radius 2 is 1.81 bits per heavy atom. The van der Waals surface area contributed by atoms with Gasteiger partial charge in [0.2, 0.25) is 0 Å². The van der Waals surface area contributed by atoms with Crippen LogP contribution in [0.25, 0.3) is 10.2 Å². The molecule has 0 aliphatic carbocycles. The molecule has 0 amide bonds. The van der Waals surface area contributed by atoms with Gasteiger partial charge in [-0.3, -0.25) is 0 Å². The van der Waals surface area contributed by atoms with E-state index in [9.17, 15) is 0 Å². The van der Waals surface area contributed by atoms with Crippen molar-refractivity contribution in [1.82, 2.24) is 9.97 Å². The summed E-state index contributed by atoms with van der Waals surface area (Å²) in [7, 11) is 2.86. The lowest BCUT2D eigenvalue weighted by molar-refractivity contribution is -0.127. The minimum Gasteiger partial charge on any atom is -0.400 e. The molecule has 1 aliphatic rings. The number of nitrogens with zero attached hydrogens (tertiary/aromatic N) is 2. The number of aliphatic hydroxyl groups excluding tert-OH is 2. The van der Waals surface area contributed by atoms with E-state index >= 15 is 0 Å². The number of hydrogen-bond acceptors (Lipinski definition) is 9. The van der Waals surface area contributed by atoms with Gasteiger partial charge >= 0.3 is 0 Å². The van der Waals surface area contributed by atoms with Crippen LogP contribution in [-0.2, 0) is 4.74 Å². The van der Waals surface area contributed by atoms with E-state index < -0.39 is 5.79 Å².